The van der Waals surface area contributed by atoms with Crippen molar-refractivity contribution in [2.75, 3.05) is 26.2 Å². The first-order chi connectivity index (χ1) is 24.7. The molecule has 2 aromatic heterocycles. The zero-order chi connectivity index (χ0) is 36.3. The molecule has 0 atom stereocenters. The second kappa shape index (κ2) is 17.7. The van der Waals surface area contributed by atoms with Crippen molar-refractivity contribution in [1.29, 1.82) is 0 Å². The summed E-state index contributed by atoms with van der Waals surface area (Å²) in [4.78, 5) is 59.1. The van der Waals surface area contributed by atoms with Gasteiger partial charge in [0.1, 0.15) is 18.9 Å². The lowest BCUT2D eigenvalue weighted by molar-refractivity contribution is -0.136. The van der Waals surface area contributed by atoms with Crippen LogP contribution in [0.25, 0.3) is 32.9 Å². The van der Waals surface area contributed by atoms with E-state index in [-0.39, 0.29) is 36.6 Å². The number of Topliss-reactive ketones (excluding diaryl/α,β-unsaturated/α-hetero) is 1. The van der Waals surface area contributed by atoms with E-state index in [0.29, 0.717) is 51.2 Å². The van der Waals surface area contributed by atoms with E-state index in [2.05, 4.69) is 34.7 Å². The van der Waals surface area contributed by atoms with E-state index in [1.54, 1.807) is 0 Å². The molecule has 0 spiro atoms. The predicted molar refractivity (Wildman–Crippen MR) is 194 cm³/mol. The number of likely N-dealkylation sites (tertiary alicyclic amines) is 1. The highest BCUT2D eigenvalue weighted by Crippen LogP contribution is 2.39. The van der Waals surface area contributed by atoms with Gasteiger partial charge in [-0.1, -0.05) is 56.4 Å². The van der Waals surface area contributed by atoms with Crippen LogP contribution >= 0.6 is 0 Å². The van der Waals surface area contributed by atoms with Crippen LogP contribution in [-0.2, 0) is 37.6 Å². The number of carboxylic acids is 1. The number of hydrogen-bond acceptors (Lipinski definition) is 7. The van der Waals surface area contributed by atoms with Gasteiger partial charge in [0.05, 0.1) is 22.9 Å². The number of amides is 3. The van der Waals surface area contributed by atoms with Gasteiger partial charge in [-0.05, 0) is 48.9 Å². The van der Waals surface area contributed by atoms with Gasteiger partial charge in [0.2, 0.25) is 18.2 Å². The lowest BCUT2D eigenvalue weighted by Crippen LogP contribution is -2.38. The van der Waals surface area contributed by atoms with E-state index in [1.807, 2.05) is 51.9 Å². The van der Waals surface area contributed by atoms with E-state index in [0.717, 1.165) is 64.3 Å². The fourth-order valence-corrected chi connectivity index (χ4v) is 7.36. The molecule has 2 aliphatic rings. The standard InChI is InChI=1S/C35H44N6O3.C3H5NO3/c1-3-36-32(43)23-41-30-11-7-10-29(26-12-13-27-22-37-39(2)31(27)21-26)34(30)35(38-41)25-16-18-40(19-17-25)33(44)15-14-28(42)20-24-8-5-4-6-9-24;5-2-4-1-3(6)7/h7,10-13,21-22,24-25H,3-6,8-9,14-20,23H2,1-2H3,(H,36,43);2H,1H2,(H,4,5)(H,6,7). The zero-order valence-corrected chi connectivity index (χ0v) is 29.6. The second-order valence-electron chi connectivity index (χ2n) is 13.5. The van der Waals surface area contributed by atoms with Gasteiger partial charge in [-0.25, -0.2) is 0 Å². The van der Waals surface area contributed by atoms with Crippen LogP contribution in [0.15, 0.2) is 42.6 Å². The number of piperidine rings is 1. The Morgan fingerprint density at radius 1 is 0.980 bits per heavy atom. The summed E-state index contributed by atoms with van der Waals surface area (Å²) in [7, 11) is 1.95. The highest BCUT2D eigenvalue weighted by atomic mass is 16.4. The number of aromatic nitrogens is 4. The maximum Gasteiger partial charge on any atom is 0.322 e. The average Bonchev–Trinajstić information content (AvgIpc) is 3.70. The first-order valence-electron chi connectivity index (χ1n) is 18.0. The van der Waals surface area contributed by atoms with Gasteiger partial charge in [0, 0.05) is 62.6 Å². The fraction of sp³-hybridized carbons (Fsp3) is 0.500. The molecule has 3 heterocycles. The third kappa shape index (κ3) is 9.59. The largest absolute Gasteiger partial charge is 0.480 e. The third-order valence-electron chi connectivity index (χ3n) is 9.96. The first kappa shape index (κ1) is 37.2. The molecular weight excluding hydrogens is 650 g/mol. The molecule has 13 heteroatoms. The Hall–Kier alpha value is -5.07. The Labute approximate surface area is 297 Å². The van der Waals surface area contributed by atoms with Crippen molar-refractivity contribution in [1.82, 2.24) is 35.1 Å². The molecule has 3 amide bonds. The average molecular weight is 700 g/mol. The minimum Gasteiger partial charge on any atom is -0.480 e. The number of hydrogen-bond donors (Lipinski definition) is 3. The molecule has 13 nitrogen and oxygen atoms in total. The van der Waals surface area contributed by atoms with Gasteiger partial charge in [-0.15, -0.1) is 0 Å². The molecule has 6 rings (SSSR count). The summed E-state index contributed by atoms with van der Waals surface area (Å²) < 4.78 is 3.71. The molecule has 51 heavy (non-hydrogen) atoms. The smallest absolute Gasteiger partial charge is 0.322 e. The van der Waals surface area contributed by atoms with Crippen LogP contribution in [0.3, 0.4) is 0 Å². The van der Waals surface area contributed by atoms with Crippen molar-refractivity contribution < 1.29 is 29.1 Å². The summed E-state index contributed by atoms with van der Waals surface area (Å²) in [5, 5.41) is 24.3. The van der Waals surface area contributed by atoms with E-state index in [1.165, 1.54) is 19.3 Å². The number of aliphatic carboxylic acids is 1. The Bertz CT molecular complexity index is 1850. The Morgan fingerprint density at radius 2 is 1.75 bits per heavy atom. The number of carbonyl (C=O) groups excluding carboxylic acids is 4. The van der Waals surface area contributed by atoms with Crippen LogP contribution in [0.4, 0.5) is 0 Å². The summed E-state index contributed by atoms with van der Waals surface area (Å²) in [6.07, 6.45) is 11.2. The molecule has 1 saturated carbocycles. The van der Waals surface area contributed by atoms with Crippen LogP contribution in [-0.4, -0.2) is 85.7 Å². The van der Waals surface area contributed by atoms with E-state index in [9.17, 15) is 24.0 Å². The molecule has 2 fully saturated rings. The number of aryl methyl sites for hydroxylation is 1. The highest BCUT2D eigenvalue weighted by molar-refractivity contribution is 5.99. The molecular formula is C38H49N7O6. The lowest BCUT2D eigenvalue weighted by Gasteiger charge is -2.31. The highest BCUT2D eigenvalue weighted by Gasteiger charge is 2.29. The Morgan fingerprint density at radius 3 is 2.43 bits per heavy atom. The summed E-state index contributed by atoms with van der Waals surface area (Å²) in [5.74, 6) is -0.110. The van der Waals surface area contributed by atoms with E-state index in [4.69, 9.17) is 10.2 Å². The first-order valence-corrected chi connectivity index (χ1v) is 18.0. The SMILES string of the molecule is CCNC(=O)Cn1nc(C2CCN(C(=O)CCC(=O)CC3CCCCC3)CC2)c2c(-c3ccc4cnn(C)c4c3)cccc21.O=CNCC(=O)O. The number of ketones is 1. The van der Waals surface area contributed by atoms with Crippen LogP contribution in [0.5, 0.6) is 0 Å². The van der Waals surface area contributed by atoms with Crippen molar-refractivity contribution in [3.8, 4) is 11.1 Å². The van der Waals surface area contributed by atoms with Gasteiger partial charge >= 0.3 is 5.97 Å². The number of fused-ring (bicyclic) bond motifs is 2. The van der Waals surface area contributed by atoms with E-state index >= 15 is 0 Å². The molecule has 0 radical (unpaired) electrons. The van der Waals surface area contributed by atoms with Crippen LogP contribution in [0.2, 0.25) is 0 Å². The molecule has 2 aromatic carbocycles. The summed E-state index contributed by atoms with van der Waals surface area (Å²) >= 11 is 0. The molecule has 3 N–H and O–H groups in total. The monoisotopic (exact) mass is 699 g/mol. The number of benzene rings is 2. The summed E-state index contributed by atoms with van der Waals surface area (Å²) in [5.41, 5.74) is 5.14. The molecule has 1 saturated heterocycles. The lowest BCUT2D eigenvalue weighted by atomic mass is 9.85. The molecule has 0 bridgehead atoms. The maximum absolute atomic E-state index is 13.1. The number of likely N-dealkylation sites (N-methyl/N-ethyl adjacent to an activating group) is 1. The van der Waals surface area contributed by atoms with Gasteiger partial charge in [0.25, 0.3) is 0 Å². The number of carbonyl (C=O) groups is 5. The minimum absolute atomic E-state index is 0.0661. The molecule has 1 aliphatic heterocycles. The van der Waals surface area contributed by atoms with Gasteiger partial charge < -0.3 is 20.6 Å². The third-order valence-corrected chi connectivity index (χ3v) is 9.96. The van der Waals surface area contributed by atoms with Crippen molar-refractivity contribution in [2.45, 2.75) is 83.6 Å². The quantitative estimate of drug-likeness (QED) is 0.171. The van der Waals surface area contributed by atoms with Gasteiger partial charge in [-0.2, -0.15) is 10.2 Å². The predicted octanol–water partition coefficient (Wildman–Crippen LogP) is 4.57. The van der Waals surface area contributed by atoms with Crippen LogP contribution < -0.4 is 10.6 Å². The summed E-state index contributed by atoms with van der Waals surface area (Å²) in [6, 6.07) is 12.6. The van der Waals surface area contributed by atoms with Gasteiger partial charge in [-0.3, -0.25) is 33.3 Å². The fourth-order valence-electron chi connectivity index (χ4n) is 7.36. The van der Waals surface area contributed by atoms with E-state index < -0.39 is 5.97 Å². The topological polar surface area (TPSA) is 169 Å². The van der Waals surface area contributed by atoms with Crippen molar-refractivity contribution in [3.63, 3.8) is 0 Å². The minimum atomic E-state index is -1.04. The number of rotatable bonds is 13. The molecule has 1 aliphatic carbocycles. The number of nitrogens with one attached hydrogen (secondary N) is 2. The van der Waals surface area contributed by atoms with Crippen molar-refractivity contribution >= 4 is 51.8 Å². The van der Waals surface area contributed by atoms with Crippen LogP contribution in [0, 0.1) is 5.92 Å². The molecule has 4 aromatic rings. The van der Waals surface area contributed by atoms with Crippen LogP contribution in [0.1, 0.15) is 82.7 Å². The van der Waals surface area contributed by atoms with Crippen molar-refractivity contribution in [2.24, 2.45) is 13.0 Å². The molecule has 0 unspecified atom stereocenters. The summed E-state index contributed by atoms with van der Waals surface area (Å²) in [6.45, 7) is 3.63. The molecule has 272 valence electrons. The van der Waals surface area contributed by atoms with Crippen molar-refractivity contribution in [3.05, 3.63) is 48.3 Å². The normalized spacial score (nSPS) is 15.3. The van der Waals surface area contributed by atoms with Gasteiger partial charge in [0.15, 0.2) is 0 Å². The Balaban J connectivity index is 0.000000654. The zero-order valence-electron chi connectivity index (χ0n) is 29.6. The number of nitrogens with zero attached hydrogens (tertiary/aromatic N) is 5. The second-order valence-corrected chi connectivity index (χ2v) is 13.5. The number of carboxylic acid groups (broad SMARTS) is 1. The Kier molecular flexibility index (Phi) is 12.9. The maximum atomic E-state index is 13.1.